The van der Waals surface area contributed by atoms with E-state index < -0.39 is 47.9 Å². The molecule has 4 rings (SSSR count). The van der Waals surface area contributed by atoms with Crippen molar-refractivity contribution < 1.29 is 38.1 Å². The van der Waals surface area contributed by atoms with Gasteiger partial charge in [0.1, 0.15) is 34.6 Å². The molecule has 264 valence electrons. The van der Waals surface area contributed by atoms with E-state index in [9.17, 15) is 19.2 Å². The van der Waals surface area contributed by atoms with Crippen LogP contribution < -0.4 is 15.4 Å². The standard InChI is InChI=1S/C34H46ClN3O8S2/c1-19-10-8-9-11-23-17-25(44-33(42)36-23)20(2)31-34(4,46-31)27(45-32(41)21(3)38(5)29(40)12-13-48-47-7)18-28(39)37-24-15-22(14-19)16-26(43-6)30(24)35/h8-10,15-16,20-21,23,25,27,31H,11-14,17-18H2,1-7H3,(H,36,42)(H,37,39)/b9-8+,19-10+/t20-,21?,23?,25?,27?,31?,34?/m1/s1. The number of ether oxygens (including phenoxy) is 4. The second-order valence-electron chi connectivity index (χ2n) is 12.7. The Bertz CT molecular complexity index is 1440. The van der Waals surface area contributed by atoms with Gasteiger partial charge in [0.15, 0.2) is 0 Å². The molecule has 3 heterocycles. The molecule has 0 aliphatic carbocycles. The van der Waals surface area contributed by atoms with Crippen LogP contribution in [0.3, 0.4) is 0 Å². The number of methoxy groups -OCH3 is 1. The Kier molecular flexibility index (Phi) is 13.2. The lowest BCUT2D eigenvalue weighted by molar-refractivity contribution is -0.161. The molecule has 48 heavy (non-hydrogen) atoms. The molecule has 0 spiro atoms. The van der Waals surface area contributed by atoms with Gasteiger partial charge >= 0.3 is 12.1 Å². The number of fused-ring (bicyclic) bond motifs is 5. The van der Waals surface area contributed by atoms with Crippen molar-refractivity contribution in [2.75, 3.05) is 31.5 Å². The first-order valence-corrected chi connectivity index (χ1v) is 19.1. The molecule has 2 N–H and O–H groups in total. The van der Waals surface area contributed by atoms with Crippen molar-refractivity contribution in [3.05, 3.63) is 46.5 Å². The number of hydrogen-bond donors (Lipinski definition) is 2. The van der Waals surface area contributed by atoms with Crippen molar-refractivity contribution in [2.24, 2.45) is 5.92 Å². The van der Waals surface area contributed by atoms with Gasteiger partial charge < -0.3 is 34.5 Å². The summed E-state index contributed by atoms with van der Waals surface area (Å²) >= 11 is 6.63. The minimum absolute atomic E-state index is 0.138. The molecule has 6 unspecified atom stereocenters. The molecule has 3 aliphatic rings. The van der Waals surface area contributed by atoms with Crippen molar-refractivity contribution in [1.29, 1.82) is 0 Å². The number of nitrogens with one attached hydrogen (secondary N) is 2. The summed E-state index contributed by atoms with van der Waals surface area (Å²) in [6.07, 6.45) is 7.24. The van der Waals surface area contributed by atoms with Gasteiger partial charge in [-0.15, -0.1) is 0 Å². The predicted molar refractivity (Wildman–Crippen MR) is 189 cm³/mol. The van der Waals surface area contributed by atoms with Crippen LogP contribution in [0.1, 0.15) is 58.9 Å². The van der Waals surface area contributed by atoms with Gasteiger partial charge in [-0.25, -0.2) is 9.59 Å². The fourth-order valence-electron chi connectivity index (χ4n) is 6.11. The monoisotopic (exact) mass is 723 g/mol. The lowest BCUT2D eigenvalue weighted by atomic mass is 9.85. The van der Waals surface area contributed by atoms with Gasteiger partial charge in [0.2, 0.25) is 11.8 Å². The number of hydrogen-bond acceptors (Lipinski definition) is 10. The van der Waals surface area contributed by atoms with Crippen molar-refractivity contribution in [1.82, 2.24) is 10.2 Å². The Morgan fingerprint density at radius 1 is 1.27 bits per heavy atom. The average Bonchev–Trinajstić information content (AvgIpc) is 3.74. The van der Waals surface area contributed by atoms with E-state index in [1.54, 1.807) is 48.5 Å². The van der Waals surface area contributed by atoms with E-state index in [2.05, 4.69) is 10.6 Å². The van der Waals surface area contributed by atoms with E-state index in [0.29, 0.717) is 36.5 Å². The minimum Gasteiger partial charge on any atom is -0.495 e. The molecular formula is C34H46ClN3O8S2. The van der Waals surface area contributed by atoms with Crippen molar-refractivity contribution in [3.63, 3.8) is 0 Å². The van der Waals surface area contributed by atoms with Crippen LogP contribution in [0.25, 0.3) is 0 Å². The van der Waals surface area contributed by atoms with Gasteiger partial charge in [-0.05, 0) is 57.6 Å². The zero-order valence-electron chi connectivity index (χ0n) is 28.5. The molecule has 1 aromatic carbocycles. The number of rotatable bonds is 8. The van der Waals surface area contributed by atoms with Gasteiger partial charge in [0.05, 0.1) is 25.3 Å². The maximum atomic E-state index is 13.7. The highest BCUT2D eigenvalue weighted by molar-refractivity contribution is 8.76. The van der Waals surface area contributed by atoms with Crippen molar-refractivity contribution in [2.45, 2.75) is 95.8 Å². The molecule has 2 fully saturated rings. The second kappa shape index (κ2) is 16.7. The highest BCUT2D eigenvalue weighted by Gasteiger charge is 2.63. The Hall–Kier alpha value is -2.87. The summed E-state index contributed by atoms with van der Waals surface area (Å²) in [4.78, 5) is 53.9. The summed E-state index contributed by atoms with van der Waals surface area (Å²) in [5.41, 5.74) is 1.23. The summed E-state index contributed by atoms with van der Waals surface area (Å²) in [6.45, 7) is 7.31. The number of carbonyl (C=O) groups is 4. The number of benzene rings is 1. The quantitative estimate of drug-likeness (QED) is 0.143. The van der Waals surface area contributed by atoms with Crippen LogP contribution in [-0.4, -0.2) is 90.9 Å². The first-order valence-electron chi connectivity index (χ1n) is 16.0. The molecule has 2 saturated heterocycles. The van der Waals surface area contributed by atoms with Crippen LogP contribution in [0.4, 0.5) is 10.5 Å². The summed E-state index contributed by atoms with van der Waals surface area (Å²) in [5.74, 6) is -0.550. The Morgan fingerprint density at radius 3 is 2.73 bits per heavy atom. The third-order valence-electron chi connectivity index (χ3n) is 9.16. The van der Waals surface area contributed by atoms with E-state index in [4.69, 9.17) is 30.5 Å². The molecular weight excluding hydrogens is 678 g/mol. The topological polar surface area (TPSA) is 136 Å². The number of esters is 1. The predicted octanol–water partition coefficient (Wildman–Crippen LogP) is 5.95. The molecule has 1 aromatic rings. The smallest absolute Gasteiger partial charge is 0.407 e. The highest BCUT2D eigenvalue weighted by Crippen LogP contribution is 2.48. The van der Waals surface area contributed by atoms with E-state index in [0.717, 1.165) is 11.1 Å². The molecule has 3 aliphatic heterocycles. The molecule has 0 aromatic heterocycles. The molecule has 3 amide bonds. The van der Waals surface area contributed by atoms with E-state index in [-0.39, 0.29) is 35.7 Å². The number of halogens is 1. The van der Waals surface area contributed by atoms with Crippen LogP contribution in [-0.2, 0) is 35.0 Å². The van der Waals surface area contributed by atoms with Crippen molar-refractivity contribution >= 4 is 62.8 Å². The van der Waals surface area contributed by atoms with E-state index in [1.807, 2.05) is 44.4 Å². The number of anilines is 1. The first-order chi connectivity index (χ1) is 22.8. The highest BCUT2D eigenvalue weighted by atomic mass is 35.5. The number of alkyl carbamates (subject to hydrolysis) is 1. The van der Waals surface area contributed by atoms with Gasteiger partial charge in [-0.1, -0.05) is 63.9 Å². The zero-order valence-corrected chi connectivity index (χ0v) is 30.9. The van der Waals surface area contributed by atoms with Crippen molar-refractivity contribution in [3.8, 4) is 5.75 Å². The molecule has 4 bridgehead atoms. The van der Waals surface area contributed by atoms with Crippen LogP contribution >= 0.6 is 33.2 Å². The van der Waals surface area contributed by atoms with Gasteiger partial charge in [-0.2, -0.15) is 0 Å². The molecule has 0 saturated carbocycles. The number of epoxide rings is 1. The zero-order chi connectivity index (χ0) is 35.2. The minimum atomic E-state index is -1.07. The molecule has 0 radical (unpaired) electrons. The molecule has 14 heteroatoms. The summed E-state index contributed by atoms with van der Waals surface area (Å²) in [7, 11) is 6.21. The third kappa shape index (κ3) is 9.42. The maximum Gasteiger partial charge on any atom is 0.407 e. The van der Waals surface area contributed by atoms with Crippen LogP contribution in [0.5, 0.6) is 5.75 Å². The SMILES string of the molecule is COc1cc2cc(c1Cl)NC(=O)CC(OC(=O)C(C)N(C)C(=O)CCSSC)C1(C)OC1[C@H](C)C1CC(C/C=C/C=C(\C)C2)NC(=O)O1. The number of amides is 3. The number of allylic oxidation sites excluding steroid dienone is 3. The number of nitrogens with zero attached hydrogens (tertiary/aromatic N) is 1. The van der Waals surface area contributed by atoms with E-state index >= 15 is 0 Å². The normalized spacial score (nSPS) is 29.8. The van der Waals surface area contributed by atoms with Crippen LogP contribution in [0.2, 0.25) is 5.02 Å². The third-order valence-corrected chi connectivity index (χ3v) is 11.4. The maximum absolute atomic E-state index is 13.7. The summed E-state index contributed by atoms with van der Waals surface area (Å²) in [5, 5.41) is 6.03. The Morgan fingerprint density at radius 2 is 2.02 bits per heavy atom. The van der Waals surface area contributed by atoms with Crippen LogP contribution in [0.15, 0.2) is 35.9 Å². The average molecular weight is 724 g/mol. The van der Waals surface area contributed by atoms with Crippen LogP contribution in [0, 0.1) is 5.92 Å². The molecule has 7 atom stereocenters. The fourth-order valence-corrected chi connectivity index (χ4v) is 7.52. The summed E-state index contributed by atoms with van der Waals surface area (Å²) < 4.78 is 23.5. The van der Waals surface area contributed by atoms with Gasteiger partial charge in [0.25, 0.3) is 0 Å². The number of carbonyl (C=O) groups excluding carboxylic acids is 4. The summed E-state index contributed by atoms with van der Waals surface area (Å²) in [6, 6.07) is 2.59. The Labute approximate surface area is 295 Å². The van der Waals surface area contributed by atoms with Gasteiger partial charge in [-0.3, -0.25) is 9.59 Å². The van der Waals surface area contributed by atoms with Gasteiger partial charge in [0, 0.05) is 37.6 Å². The Balaban J connectivity index is 1.64. The first kappa shape index (κ1) is 37.9. The second-order valence-corrected chi connectivity index (χ2v) is 15.8. The fraction of sp³-hybridized carbons (Fsp3) is 0.588. The molecule has 11 nitrogen and oxygen atoms in total. The van der Waals surface area contributed by atoms with E-state index in [1.165, 1.54) is 12.0 Å². The number of likely N-dealkylation sites (N-methyl/N-ethyl adjacent to an activating group) is 1. The lowest BCUT2D eigenvalue weighted by Gasteiger charge is -2.33. The largest absolute Gasteiger partial charge is 0.495 e. The lowest BCUT2D eigenvalue weighted by Crippen LogP contribution is -2.49.